The van der Waals surface area contributed by atoms with Crippen LogP contribution in [0, 0.1) is 0 Å². The molecule has 2 atom stereocenters. The lowest BCUT2D eigenvalue weighted by molar-refractivity contribution is -0.129. The van der Waals surface area contributed by atoms with Crippen molar-refractivity contribution in [3.05, 3.63) is 29.8 Å². The van der Waals surface area contributed by atoms with E-state index < -0.39 is 5.66 Å². The van der Waals surface area contributed by atoms with E-state index in [9.17, 15) is 19.2 Å². The van der Waals surface area contributed by atoms with Crippen LogP contribution >= 0.6 is 0 Å². The number of carbonyl (C=O) groups excluding carboxylic acids is 4. The van der Waals surface area contributed by atoms with Crippen molar-refractivity contribution in [2.75, 3.05) is 24.5 Å². The summed E-state index contributed by atoms with van der Waals surface area (Å²) in [5.74, 6) is 0.114. The Kier molecular flexibility index (Phi) is 6.72. The summed E-state index contributed by atoms with van der Waals surface area (Å²) in [7, 11) is 0. The molecular weight excluding hydrogens is 420 g/mol. The Hall–Kier alpha value is -2.90. The molecule has 4 rings (SSSR count). The molecule has 3 aliphatic heterocycles. The van der Waals surface area contributed by atoms with Crippen LogP contribution in [-0.4, -0.2) is 64.8 Å². The molecule has 3 heterocycles. The molecule has 0 radical (unpaired) electrons. The van der Waals surface area contributed by atoms with E-state index >= 15 is 0 Å². The summed E-state index contributed by atoms with van der Waals surface area (Å²) in [6.07, 6.45) is 5.03. The number of hydrogen-bond acceptors (Lipinski definition) is 4. The van der Waals surface area contributed by atoms with Gasteiger partial charge in [-0.15, -0.1) is 0 Å². The van der Waals surface area contributed by atoms with Crippen LogP contribution in [0.3, 0.4) is 0 Å². The molecule has 4 amide bonds. The van der Waals surface area contributed by atoms with Crippen LogP contribution in [0.25, 0.3) is 0 Å². The number of carbonyl (C=O) groups is 4. The maximum absolute atomic E-state index is 13.2. The molecular formula is C25H34N4O4. The molecule has 1 aromatic rings. The van der Waals surface area contributed by atoms with Gasteiger partial charge in [0.25, 0.3) is 5.91 Å². The standard InChI is InChI=1S/C25H34N4O4/c1-3-18(27-16-7-11-22(27)31)13-15-26-21(30)10-6-17-28-24(33)19-8-4-5-9-20(19)29-23(32)12-14-25(28,29)2/h4-5,8-9,18H,3,6-7,10-17H2,1-2H3,(H,26,30)/t18-,25+/m1/s1. The lowest BCUT2D eigenvalue weighted by atomic mass is 9.98. The summed E-state index contributed by atoms with van der Waals surface area (Å²) in [5, 5.41) is 2.97. The highest BCUT2D eigenvalue weighted by molar-refractivity contribution is 6.10. The van der Waals surface area contributed by atoms with Crippen LogP contribution in [-0.2, 0) is 14.4 Å². The average Bonchev–Trinajstić information content (AvgIpc) is 3.36. The SMILES string of the molecule is CC[C@H](CCNC(=O)CCCN1C(=O)c2ccccc2N2C(=O)CC[C@@]12C)N1CCCC1=O. The van der Waals surface area contributed by atoms with Crippen molar-refractivity contribution in [3.8, 4) is 0 Å². The Labute approximate surface area is 195 Å². The number of nitrogens with zero attached hydrogens (tertiary/aromatic N) is 3. The third-order valence-electron chi connectivity index (χ3n) is 7.35. The number of nitrogens with one attached hydrogen (secondary N) is 1. The second-order valence-electron chi connectivity index (χ2n) is 9.42. The second-order valence-corrected chi connectivity index (χ2v) is 9.42. The van der Waals surface area contributed by atoms with Crippen LogP contribution in [0.15, 0.2) is 24.3 Å². The summed E-state index contributed by atoms with van der Waals surface area (Å²) < 4.78 is 0. The lowest BCUT2D eigenvalue weighted by Crippen LogP contribution is -2.62. The highest BCUT2D eigenvalue weighted by Gasteiger charge is 2.52. The van der Waals surface area contributed by atoms with Crippen LogP contribution < -0.4 is 10.2 Å². The van der Waals surface area contributed by atoms with Gasteiger partial charge in [-0.25, -0.2) is 0 Å². The van der Waals surface area contributed by atoms with Gasteiger partial charge in [0, 0.05) is 44.9 Å². The molecule has 33 heavy (non-hydrogen) atoms. The summed E-state index contributed by atoms with van der Waals surface area (Å²) >= 11 is 0. The zero-order valence-electron chi connectivity index (χ0n) is 19.6. The van der Waals surface area contributed by atoms with E-state index in [-0.39, 0.29) is 29.7 Å². The van der Waals surface area contributed by atoms with Gasteiger partial charge < -0.3 is 15.1 Å². The second kappa shape index (κ2) is 9.53. The van der Waals surface area contributed by atoms with Gasteiger partial charge in [0.05, 0.1) is 11.3 Å². The fraction of sp³-hybridized carbons (Fsp3) is 0.600. The fourth-order valence-electron chi connectivity index (χ4n) is 5.54. The molecule has 1 aromatic carbocycles. The van der Waals surface area contributed by atoms with Gasteiger partial charge in [-0.05, 0) is 51.2 Å². The van der Waals surface area contributed by atoms with Gasteiger partial charge in [-0.3, -0.25) is 24.1 Å². The van der Waals surface area contributed by atoms with Gasteiger partial charge >= 0.3 is 0 Å². The van der Waals surface area contributed by atoms with Crippen molar-refractivity contribution in [1.82, 2.24) is 15.1 Å². The molecule has 0 spiro atoms. The van der Waals surface area contributed by atoms with Gasteiger partial charge in [-0.2, -0.15) is 0 Å². The molecule has 0 saturated carbocycles. The Morgan fingerprint density at radius 2 is 1.94 bits per heavy atom. The Balaban J connectivity index is 1.30. The lowest BCUT2D eigenvalue weighted by Gasteiger charge is -2.48. The average molecular weight is 455 g/mol. The Morgan fingerprint density at radius 1 is 1.15 bits per heavy atom. The number of para-hydroxylation sites is 1. The van der Waals surface area contributed by atoms with Crippen molar-refractivity contribution in [2.24, 2.45) is 0 Å². The number of rotatable bonds is 9. The van der Waals surface area contributed by atoms with Gasteiger partial charge in [-0.1, -0.05) is 19.1 Å². The van der Waals surface area contributed by atoms with E-state index in [1.807, 2.05) is 30.0 Å². The summed E-state index contributed by atoms with van der Waals surface area (Å²) in [4.78, 5) is 55.7. The predicted molar refractivity (Wildman–Crippen MR) is 124 cm³/mol. The largest absolute Gasteiger partial charge is 0.356 e. The number of amides is 4. The number of benzene rings is 1. The molecule has 0 unspecified atom stereocenters. The molecule has 2 fully saturated rings. The Morgan fingerprint density at radius 3 is 2.67 bits per heavy atom. The van der Waals surface area contributed by atoms with Crippen molar-refractivity contribution in [2.45, 2.75) is 76.9 Å². The topological polar surface area (TPSA) is 90.0 Å². The molecule has 1 N–H and O–H groups in total. The first-order chi connectivity index (χ1) is 15.9. The summed E-state index contributed by atoms with van der Waals surface area (Å²) in [5.41, 5.74) is 0.537. The highest BCUT2D eigenvalue weighted by atomic mass is 16.2. The third kappa shape index (κ3) is 4.35. The molecule has 2 saturated heterocycles. The molecule has 3 aliphatic rings. The molecule has 8 heteroatoms. The van der Waals surface area contributed by atoms with E-state index in [1.54, 1.807) is 15.9 Å². The minimum Gasteiger partial charge on any atom is -0.356 e. The first-order valence-electron chi connectivity index (χ1n) is 12.2. The molecule has 178 valence electrons. The maximum atomic E-state index is 13.2. The van der Waals surface area contributed by atoms with Crippen molar-refractivity contribution >= 4 is 29.3 Å². The van der Waals surface area contributed by atoms with Crippen LogP contribution in [0.4, 0.5) is 5.69 Å². The van der Waals surface area contributed by atoms with Crippen LogP contribution in [0.1, 0.15) is 75.6 Å². The number of hydrogen-bond donors (Lipinski definition) is 1. The van der Waals surface area contributed by atoms with Crippen molar-refractivity contribution in [1.29, 1.82) is 0 Å². The van der Waals surface area contributed by atoms with E-state index in [0.717, 1.165) is 25.8 Å². The smallest absolute Gasteiger partial charge is 0.257 e. The quantitative estimate of drug-likeness (QED) is 0.621. The maximum Gasteiger partial charge on any atom is 0.257 e. The van der Waals surface area contributed by atoms with Gasteiger partial charge in [0.15, 0.2) is 0 Å². The minimum absolute atomic E-state index is 0.0298. The Bertz CT molecular complexity index is 948. The first-order valence-corrected chi connectivity index (χ1v) is 12.2. The van der Waals surface area contributed by atoms with Crippen molar-refractivity contribution in [3.63, 3.8) is 0 Å². The van der Waals surface area contributed by atoms with Crippen LogP contribution in [0.5, 0.6) is 0 Å². The molecule has 0 aromatic heterocycles. The van der Waals surface area contributed by atoms with Gasteiger partial charge in [0.2, 0.25) is 17.7 Å². The third-order valence-corrected chi connectivity index (χ3v) is 7.35. The first kappa shape index (κ1) is 23.3. The highest BCUT2D eigenvalue weighted by Crippen LogP contribution is 2.44. The van der Waals surface area contributed by atoms with E-state index in [2.05, 4.69) is 12.2 Å². The van der Waals surface area contributed by atoms with Gasteiger partial charge in [0.1, 0.15) is 5.66 Å². The fourth-order valence-corrected chi connectivity index (χ4v) is 5.54. The number of anilines is 1. The predicted octanol–water partition coefficient (Wildman–Crippen LogP) is 2.67. The summed E-state index contributed by atoms with van der Waals surface area (Å²) in [6, 6.07) is 7.43. The molecule has 0 aliphatic carbocycles. The molecule has 8 nitrogen and oxygen atoms in total. The van der Waals surface area contributed by atoms with E-state index in [0.29, 0.717) is 56.4 Å². The van der Waals surface area contributed by atoms with Crippen LogP contribution in [0.2, 0.25) is 0 Å². The normalized spacial score (nSPS) is 23.1. The van der Waals surface area contributed by atoms with Crippen molar-refractivity contribution < 1.29 is 19.2 Å². The zero-order valence-corrected chi connectivity index (χ0v) is 19.6. The number of fused-ring (bicyclic) bond motifs is 3. The molecule has 0 bridgehead atoms. The summed E-state index contributed by atoms with van der Waals surface area (Å²) in [6.45, 7) is 5.79. The van der Waals surface area contributed by atoms with E-state index in [1.165, 1.54) is 0 Å². The number of likely N-dealkylation sites (tertiary alicyclic amines) is 1. The minimum atomic E-state index is -0.685. The van der Waals surface area contributed by atoms with E-state index in [4.69, 9.17) is 0 Å². The zero-order chi connectivity index (χ0) is 23.6. The monoisotopic (exact) mass is 454 g/mol.